The molecular weight excluding hydrogens is 278 g/mol. The van der Waals surface area contributed by atoms with Crippen molar-refractivity contribution in [1.82, 2.24) is 19.7 Å². The molecule has 118 valence electrons. The van der Waals surface area contributed by atoms with E-state index in [0.29, 0.717) is 0 Å². The summed E-state index contributed by atoms with van der Waals surface area (Å²) in [6, 6.07) is 1.99. The smallest absolute Gasteiger partial charge is 0.153 e. The molecule has 0 aliphatic heterocycles. The van der Waals surface area contributed by atoms with Crippen LogP contribution < -0.4 is 5.32 Å². The molecule has 3 rings (SSSR count). The van der Waals surface area contributed by atoms with Crippen LogP contribution in [0.3, 0.4) is 0 Å². The minimum atomic E-state index is 0.751. The zero-order valence-corrected chi connectivity index (χ0v) is 13.3. The van der Waals surface area contributed by atoms with Gasteiger partial charge in [0.1, 0.15) is 11.6 Å². The van der Waals surface area contributed by atoms with Gasteiger partial charge in [0, 0.05) is 43.8 Å². The van der Waals surface area contributed by atoms with Crippen LogP contribution in [-0.4, -0.2) is 33.5 Å². The number of nitrogens with one attached hydrogen (secondary N) is 1. The molecule has 0 bridgehead atoms. The van der Waals surface area contributed by atoms with Crippen molar-refractivity contribution in [3.05, 3.63) is 29.3 Å². The predicted octanol–water partition coefficient (Wildman–Crippen LogP) is 2.64. The van der Waals surface area contributed by atoms with Gasteiger partial charge in [-0.3, -0.25) is 4.68 Å². The van der Waals surface area contributed by atoms with E-state index >= 15 is 0 Å². The molecule has 1 aliphatic rings. The Balaban J connectivity index is 1.74. The molecule has 0 fully saturated rings. The van der Waals surface area contributed by atoms with Gasteiger partial charge in [0.05, 0.1) is 0 Å². The number of rotatable bonds is 6. The Kier molecular flexibility index (Phi) is 4.68. The summed E-state index contributed by atoms with van der Waals surface area (Å²) in [6.07, 6.45) is 7.47. The van der Waals surface area contributed by atoms with Crippen molar-refractivity contribution in [1.29, 1.82) is 0 Å². The molecule has 0 unspecified atom stereocenters. The number of ether oxygens (including phenoxy) is 1. The second-order valence-electron chi connectivity index (χ2n) is 5.69. The monoisotopic (exact) mass is 301 g/mol. The van der Waals surface area contributed by atoms with E-state index in [9.17, 15) is 0 Å². The van der Waals surface area contributed by atoms with E-state index in [4.69, 9.17) is 4.74 Å². The van der Waals surface area contributed by atoms with Crippen molar-refractivity contribution < 1.29 is 4.74 Å². The highest BCUT2D eigenvalue weighted by atomic mass is 16.5. The number of aryl methyl sites for hydroxylation is 3. The van der Waals surface area contributed by atoms with Crippen molar-refractivity contribution in [2.45, 2.75) is 45.6 Å². The Morgan fingerprint density at radius 2 is 2.14 bits per heavy atom. The Morgan fingerprint density at radius 3 is 3.00 bits per heavy atom. The highest BCUT2D eigenvalue weighted by Crippen LogP contribution is 2.27. The maximum absolute atomic E-state index is 5.07. The van der Waals surface area contributed by atoms with Gasteiger partial charge < -0.3 is 10.1 Å². The predicted molar refractivity (Wildman–Crippen MR) is 85.4 cm³/mol. The molecular formula is C16H23N5O. The fraction of sp³-hybridized carbons (Fsp3) is 0.562. The Morgan fingerprint density at radius 1 is 1.27 bits per heavy atom. The van der Waals surface area contributed by atoms with Crippen LogP contribution in [0.1, 0.15) is 36.3 Å². The summed E-state index contributed by atoms with van der Waals surface area (Å²) >= 11 is 0. The van der Waals surface area contributed by atoms with Gasteiger partial charge >= 0.3 is 0 Å². The maximum Gasteiger partial charge on any atom is 0.153 e. The molecule has 6 nitrogen and oxygen atoms in total. The van der Waals surface area contributed by atoms with Crippen LogP contribution in [0.25, 0.3) is 0 Å². The number of methoxy groups -OCH3 is 1. The number of fused-ring (bicyclic) bond motifs is 1. The molecule has 22 heavy (non-hydrogen) atoms. The quantitative estimate of drug-likeness (QED) is 0.831. The lowest BCUT2D eigenvalue weighted by Gasteiger charge is -2.18. The molecule has 0 saturated heterocycles. The third-order valence-corrected chi connectivity index (χ3v) is 3.92. The summed E-state index contributed by atoms with van der Waals surface area (Å²) in [4.78, 5) is 9.16. The van der Waals surface area contributed by atoms with Gasteiger partial charge in [-0.25, -0.2) is 9.97 Å². The first-order valence-electron chi connectivity index (χ1n) is 7.92. The van der Waals surface area contributed by atoms with Crippen LogP contribution in [0.4, 0.5) is 11.6 Å². The van der Waals surface area contributed by atoms with E-state index in [1.165, 1.54) is 24.1 Å². The number of aromatic nitrogens is 4. The van der Waals surface area contributed by atoms with E-state index in [1.807, 2.05) is 23.9 Å². The Hall–Kier alpha value is -1.95. The lowest BCUT2D eigenvalue weighted by molar-refractivity contribution is 0.189. The molecule has 0 aromatic carbocycles. The Labute approximate surface area is 130 Å². The molecule has 1 aliphatic carbocycles. The van der Waals surface area contributed by atoms with Gasteiger partial charge in [0.2, 0.25) is 0 Å². The van der Waals surface area contributed by atoms with E-state index in [0.717, 1.165) is 49.9 Å². The average molecular weight is 301 g/mol. The molecule has 0 spiro atoms. The summed E-state index contributed by atoms with van der Waals surface area (Å²) in [6.45, 7) is 3.56. The lowest BCUT2D eigenvalue weighted by atomic mass is 9.96. The number of hydrogen-bond donors (Lipinski definition) is 1. The van der Waals surface area contributed by atoms with Crippen molar-refractivity contribution in [2.75, 3.05) is 19.0 Å². The molecule has 6 heteroatoms. The lowest BCUT2D eigenvalue weighted by Crippen LogP contribution is -2.12. The first-order valence-corrected chi connectivity index (χ1v) is 7.92. The molecule has 0 radical (unpaired) electrons. The molecule has 1 N–H and O–H groups in total. The third kappa shape index (κ3) is 3.44. The first-order chi connectivity index (χ1) is 10.8. The summed E-state index contributed by atoms with van der Waals surface area (Å²) in [5, 5.41) is 7.91. The summed E-state index contributed by atoms with van der Waals surface area (Å²) < 4.78 is 7.00. The van der Waals surface area contributed by atoms with E-state index in [1.54, 1.807) is 7.11 Å². The fourth-order valence-electron chi connectivity index (χ4n) is 2.87. The zero-order valence-electron chi connectivity index (χ0n) is 13.3. The van der Waals surface area contributed by atoms with Gasteiger partial charge in [-0.2, -0.15) is 5.10 Å². The van der Waals surface area contributed by atoms with E-state index in [2.05, 4.69) is 20.4 Å². The second kappa shape index (κ2) is 6.87. The Bertz CT molecular complexity index is 637. The van der Waals surface area contributed by atoms with Gasteiger partial charge in [-0.15, -0.1) is 0 Å². The summed E-state index contributed by atoms with van der Waals surface area (Å²) in [5.74, 6) is 2.58. The topological polar surface area (TPSA) is 64.9 Å². The van der Waals surface area contributed by atoms with Crippen LogP contribution in [0.2, 0.25) is 0 Å². The van der Waals surface area contributed by atoms with Gasteiger partial charge in [-0.1, -0.05) is 0 Å². The molecule has 0 atom stereocenters. The summed E-state index contributed by atoms with van der Waals surface area (Å²) in [7, 11) is 1.72. The van der Waals surface area contributed by atoms with Crippen LogP contribution >= 0.6 is 0 Å². The molecule has 0 amide bonds. The van der Waals surface area contributed by atoms with E-state index in [-0.39, 0.29) is 0 Å². The van der Waals surface area contributed by atoms with E-state index < -0.39 is 0 Å². The average Bonchev–Trinajstić information content (AvgIpc) is 2.95. The molecule has 0 saturated carbocycles. The molecule has 2 aromatic rings. The summed E-state index contributed by atoms with van der Waals surface area (Å²) in [5.41, 5.74) is 2.45. The van der Waals surface area contributed by atoms with Crippen molar-refractivity contribution in [2.24, 2.45) is 0 Å². The third-order valence-electron chi connectivity index (χ3n) is 3.92. The zero-order chi connectivity index (χ0) is 15.4. The van der Waals surface area contributed by atoms with Crippen LogP contribution in [0.5, 0.6) is 0 Å². The number of anilines is 2. The van der Waals surface area contributed by atoms with Crippen LogP contribution in [0.15, 0.2) is 12.3 Å². The fourth-order valence-corrected chi connectivity index (χ4v) is 2.87. The van der Waals surface area contributed by atoms with Crippen LogP contribution in [-0.2, 0) is 24.1 Å². The van der Waals surface area contributed by atoms with Crippen LogP contribution in [0, 0.1) is 6.92 Å². The minimum absolute atomic E-state index is 0.751. The maximum atomic E-state index is 5.07. The molecule has 2 heterocycles. The number of nitrogens with zero attached hydrogens (tertiary/aromatic N) is 4. The van der Waals surface area contributed by atoms with Gasteiger partial charge in [0.25, 0.3) is 0 Å². The largest absolute Gasteiger partial charge is 0.385 e. The second-order valence-corrected chi connectivity index (χ2v) is 5.69. The van der Waals surface area contributed by atoms with Crippen molar-refractivity contribution in [3.63, 3.8) is 0 Å². The van der Waals surface area contributed by atoms with Crippen molar-refractivity contribution in [3.8, 4) is 0 Å². The standard InChI is InChI=1S/C16H23N5O/c1-12-17-14-7-4-3-6-13(14)16(18-12)19-15-8-10-21(20-15)9-5-11-22-2/h8,10H,3-7,9,11H2,1-2H3,(H,17,18,19,20). The SMILES string of the molecule is COCCCn1ccc(Nc2nc(C)nc3c2CCCC3)n1. The first kappa shape index (κ1) is 15.0. The highest BCUT2D eigenvalue weighted by Gasteiger charge is 2.17. The van der Waals surface area contributed by atoms with Gasteiger partial charge in [0.15, 0.2) is 5.82 Å². The van der Waals surface area contributed by atoms with Crippen molar-refractivity contribution >= 4 is 11.6 Å². The normalized spacial score (nSPS) is 13.9. The van der Waals surface area contributed by atoms with Gasteiger partial charge in [-0.05, 0) is 39.0 Å². The minimum Gasteiger partial charge on any atom is -0.385 e. The highest BCUT2D eigenvalue weighted by molar-refractivity contribution is 5.57. The number of hydrogen-bond acceptors (Lipinski definition) is 5. The molecule has 2 aromatic heterocycles.